The van der Waals surface area contributed by atoms with Crippen LogP contribution in [-0.2, 0) is 11.3 Å². The maximum absolute atomic E-state index is 11.6. The van der Waals surface area contributed by atoms with Crippen LogP contribution < -0.4 is 15.4 Å². The van der Waals surface area contributed by atoms with Crippen molar-refractivity contribution >= 4 is 6.09 Å². The van der Waals surface area contributed by atoms with Crippen LogP contribution in [0.2, 0.25) is 0 Å². The van der Waals surface area contributed by atoms with Crippen molar-refractivity contribution in [2.45, 2.75) is 52.8 Å². The molecule has 1 unspecified atom stereocenters. The fraction of sp³-hybridized carbons (Fsp3) is 0.588. The zero-order valence-electron chi connectivity index (χ0n) is 14.2. The number of rotatable bonds is 7. The van der Waals surface area contributed by atoms with Gasteiger partial charge in [0.1, 0.15) is 11.4 Å². The van der Waals surface area contributed by atoms with Crippen LogP contribution in [0, 0.1) is 0 Å². The van der Waals surface area contributed by atoms with E-state index in [0.717, 1.165) is 12.3 Å². The van der Waals surface area contributed by atoms with Crippen molar-refractivity contribution in [3.8, 4) is 5.75 Å². The molecule has 0 spiro atoms. The summed E-state index contributed by atoms with van der Waals surface area (Å²) in [6, 6.07) is 7.98. The summed E-state index contributed by atoms with van der Waals surface area (Å²) in [5, 5.41) is 6.11. The van der Waals surface area contributed by atoms with Crippen molar-refractivity contribution in [1.82, 2.24) is 10.6 Å². The maximum atomic E-state index is 11.6. The largest absolute Gasteiger partial charge is 0.494 e. The van der Waals surface area contributed by atoms with Crippen LogP contribution in [0.1, 0.15) is 40.2 Å². The van der Waals surface area contributed by atoms with E-state index >= 15 is 0 Å². The quantitative estimate of drug-likeness (QED) is 0.812. The summed E-state index contributed by atoms with van der Waals surface area (Å²) in [7, 11) is 0. The lowest BCUT2D eigenvalue weighted by Gasteiger charge is -2.22. The zero-order chi connectivity index (χ0) is 16.6. The number of benzene rings is 1. The Morgan fingerprint density at radius 1 is 1.23 bits per heavy atom. The topological polar surface area (TPSA) is 59.6 Å². The molecule has 5 nitrogen and oxygen atoms in total. The number of alkyl carbamates (subject to hydrolysis) is 1. The Kier molecular flexibility index (Phi) is 7.18. The first kappa shape index (κ1) is 18.3. The predicted molar refractivity (Wildman–Crippen MR) is 88.1 cm³/mol. The molecular weight excluding hydrogens is 280 g/mol. The second-order valence-corrected chi connectivity index (χ2v) is 6.26. The Morgan fingerprint density at radius 2 is 1.86 bits per heavy atom. The number of hydrogen-bond donors (Lipinski definition) is 2. The van der Waals surface area contributed by atoms with Gasteiger partial charge in [-0.15, -0.1) is 0 Å². The van der Waals surface area contributed by atoms with E-state index < -0.39 is 5.60 Å². The highest BCUT2D eigenvalue weighted by molar-refractivity contribution is 5.68. The standard InChI is InChI=1S/C17H28N2O3/c1-6-21-15-9-7-14(8-10-15)12-18-11-13(2)19-16(20)22-17(3,4)5/h7-10,13,18H,6,11-12H2,1-5H3,(H,19,20). The summed E-state index contributed by atoms with van der Waals surface area (Å²) in [6.07, 6.45) is -0.386. The summed E-state index contributed by atoms with van der Waals surface area (Å²) >= 11 is 0. The fourth-order valence-corrected chi connectivity index (χ4v) is 1.86. The summed E-state index contributed by atoms with van der Waals surface area (Å²) in [6.45, 7) is 11.5. The average molecular weight is 308 g/mol. The highest BCUT2D eigenvalue weighted by Gasteiger charge is 2.17. The van der Waals surface area contributed by atoms with Crippen molar-refractivity contribution in [1.29, 1.82) is 0 Å². The number of amides is 1. The molecule has 1 amide bonds. The molecule has 0 bridgehead atoms. The van der Waals surface area contributed by atoms with Crippen molar-refractivity contribution in [2.24, 2.45) is 0 Å². The van der Waals surface area contributed by atoms with Crippen molar-refractivity contribution < 1.29 is 14.3 Å². The van der Waals surface area contributed by atoms with Gasteiger partial charge in [-0.3, -0.25) is 0 Å². The molecule has 0 aromatic heterocycles. The van der Waals surface area contributed by atoms with Gasteiger partial charge >= 0.3 is 6.09 Å². The number of ether oxygens (including phenoxy) is 2. The number of nitrogens with one attached hydrogen (secondary N) is 2. The van der Waals surface area contributed by atoms with Gasteiger partial charge in [-0.05, 0) is 52.3 Å². The Bertz CT molecular complexity index is 452. The highest BCUT2D eigenvalue weighted by Crippen LogP contribution is 2.11. The van der Waals surface area contributed by atoms with E-state index in [1.807, 2.05) is 58.9 Å². The van der Waals surface area contributed by atoms with E-state index in [2.05, 4.69) is 10.6 Å². The van der Waals surface area contributed by atoms with Crippen molar-refractivity contribution in [2.75, 3.05) is 13.2 Å². The fourth-order valence-electron chi connectivity index (χ4n) is 1.86. The minimum Gasteiger partial charge on any atom is -0.494 e. The van der Waals surface area contributed by atoms with Crippen LogP contribution in [-0.4, -0.2) is 30.9 Å². The molecule has 124 valence electrons. The van der Waals surface area contributed by atoms with Crippen LogP contribution >= 0.6 is 0 Å². The molecule has 1 aromatic rings. The molecule has 0 heterocycles. The molecule has 5 heteroatoms. The molecular formula is C17H28N2O3. The van der Waals surface area contributed by atoms with Crippen LogP contribution in [0.3, 0.4) is 0 Å². The number of carbonyl (C=O) groups is 1. The van der Waals surface area contributed by atoms with Crippen LogP contribution in [0.5, 0.6) is 5.75 Å². The van der Waals surface area contributed by atoms with Gasteiger partial charge in [-0.1, -0.05) is 12.1 Å². The van der Waals surface area contributed by atoms with Gasteiger partial charge in [-0.25, -0.2) is 4.79 Å². The minimum atomic E-state index is -0.473. The maximum Gasteiger partial charge on any atom is 0.407 e. The third-order valence-corrected chi connectivity index (χ3v) is 2.78. The average Bonchev–Trinajstić information content (AvgIpc) is 2.38. The Balaban J connectivity index is 2.27. The van der Waals surface area contributed by atoms with Gasteiger partial charge in [0.15, 0.2) is 0 Å². The first-order valence-corrected chi connectivity index (χ1v) is 7.72. The summed E-state index contributed by atoms with van der Waals surface area (Å²) in [5.41, 5.74) is 0.701. The molecule has 22 heavy (non-hydrogen) atoms. The Hall–Kier alpha value is -1.75. The van der Waals surface area contributed by atoms with Crippen LogP contribution in [0.15, 0.2) is 24.3 Å². The van der Waals surface area contributed by atoms with Gasteiger partial charge in [0.2, 0.25) is 0 Å². The SMILES string of the molecule is CCOc1ccc(CNCC(C)NC(=O)OC(C)(C)C)cc1. The highest BCUT2D eigenvalue weighted by atomic mass is 16.6. The van der Waals surface area contributed by atoms with Crippen LogP contribution in [0.25, 0.3) is 0 Å². The molecule has 0 aliphatic carbocycles. The molecule has 0 radical (unpaired) electrons. The van der Waals surface area contributed by atoms with E-state index in [0.29, 0.717) is 13.2 Å². The molecule has 2 N–H and O–H groups in total. The summed E-state index contributed by atoms with van der Waals surface area (Å²) in [4.78, 5) is 11.6. The van der Waals surface area contributed by atoms with Crippen LogP contribution in [0.4, 0.5) is 4.79 Å². The number of hydrogen-bond acceptors (Lipinski definition) is 4. The van der Waals surface area contributed by atoms with Gasteiger partial charge in [0.05, 0.1) is 6.61 Å². The third kappa shape index (κ3) is 7.88. The molecule has 0 fully saturated rings. The van der Waals surface area contributed by atoms with Crippen molar-refractivity contribution in [3.05, 3.63) is 29.8 Å². The summed E-state index contributed by atoms with van der Waals surface area (Å²) < 4.78 is 10.6. The van der Waals surface area contributed by atoms with E-state index in [1.54, 1.807) is 0 Å². The monoisotopic (exact) mass is 308 g/mol. The minimum absolute atomic E-state index is 0.00227. The van der Waals surface area contributed by atoms with Gasteiger partial charge in [0, 0.05) is 19.1 Å². The molecule has 0 saturated heterocycles. The molecule has 1 rings (SSSR count). The van der Waals surface area contributed by atoms with E-state index in [9.17, 15) is 4.79 Å². The summed E-state index contributed by atoms with van der Waals surface area (Å²) in [5.74, 6) is 0.881. The lowest BCUT2D eigenvalue weighted by Crippen LogP contribution is -2.42. The predicted octanol–water partition coefficient (Wildman–Crippen LogP) is 3.09. The molecule has 0 aliphatic rings. The van der Waals surface area contributed by atoms with E-state index in [-0.39, 0.29) is 12.1 Å². The van der Waals surface area contributed by atoms with Crippen molar-refractivity contribution in [3.63, 3.8) is 0 Å². The van der Waals surface area contributed by atoms with Gasteiger partial charge in [0.25, 0.3) is 0 Å². The molecule has 1 aromatic carbocycles. The third-order valence-electron chi connectivity index (χ3n) is 2.78. The van der Waals surface area contributed by atoms with Gasteiger partial charge in [-0.2, -0.15) is 0 Å². The lowest BCUT2D eigenvalue weighted by atomic mass is 10.2. The normalized spacial score (nSPS) is 12.6. The molecule has 0 aliphatic heterocycles. The first-order chi connectivity index (χ1) is 10.3. The second-order valence-electron chi connectivity index (χ2n) is 6.26. The van der Waals surface area contributed by atoms with E-state index in [1.165, 1.54) is 5.56 Å². The Labute approximate surface area is 133 Å². The lowest BCUT2D eigenvalue weighted by molar-refractivity contribution is 0.0508. The Morgan fingerprint density at radius 3 is 2.41 bits per heavy atom. The zero-order valence-corrected chi connectivity index (χ0v) is 14.2. The van der Waals surface area contributed by atoms with E-state index in [4.69, 9.17) is 9.47 Å². The molecule has 1 atom stereocenters. The smallest absolute Gasteiger partial charge is 0.407 e. The molecule has 0 saturated carbocycles. The van der Waals surface area contributed by atoms with Gasteiger partial charge < -0.3 is 20.1 Å². The number of carbonyl (C=O) groups excluding carboxylic acids is 1. The second kappa shape index (κ2) is 8.63. The first-order valence-electron chi connectivity index (χ1n) is 7.72.